The van der Waals surface area contributed by atoms with Crippen molar-refractivity contribution in [3.63, 3.8) is 0 Å². The Hall–Kier alpha value is -2.62. The lowest BCUT2D eigenvalue weighted by atomic mass is 9.96. The number of rotatable bonds is 5. The number of benzene rings is 1. The third-order valence-electron chi connectivity index (χ3n) is 4.60. The van der Waals surface area contributed by atoms with Crippen molar-refractivity contribution in [2.45, 2.75) is 43.7 Å². The molecule has 1 aromatic carbocycles. The zero-order chi connectivity index (χ0) is 19.6. The predicted octanol–water partition coefficient (Wildman–Crippen LogP) is 1.84. The number of carbonyl (C=O) groups excluding carboxylic acids is 3. The van der Waals surface area contributed by atoms with Crippen LogP contribution in [-0.4, -0.2) is 50.8 Å². The number of nitrogens with one attached hydrogen (secondary N) is 1. The topological polar surface area (TPSA) is 119 Å². The maximum Gasteiger partial charge on any atom is 0.410 e. The number of β-lactam (4-membered cyclic amide) rings is 1. The molecular formula is C17H19N3O6S. The molecule has 0 spiro atoms. The molecule has 2 heterocycles. The van der Waals surface area contributed by atoms with Crippen LogP contribution in [0.2, 0.25) is 0 Å². The molecule has 1 aromatic rings. The summed E-state index contributed by atoms with van der Waals surface area (Å²) in [6.45, 7) is 1.85. The van der Waals surface area contributed by atoms with Gasteiger partial charge in [0.25, 0.3) is 5.69 Å². The number of nitro groups is 1. The van der Waals surface area contributed by atoms with E-state index in [1.165, 1.54) is 43.0 Å². The number of hydrogen-bond donors (Lipinski definition) is 1. The number of hydrogen-bond acceptors (Lipinski definition) is 7. The Kier molecular flexibility index (Phi) is 5.64. The van der Waals surface area contributed by atoms with Crippen LogP contribution < -0.4 is 5.32 Å². The van der Waals surface area contributed by atoms with E-state index in [1.807, 2.05) is 0 Å². The first-order valence-corrected chi connectivity index (χ1v) is 9.34. The van der Waals surface area contributed by atoms with Gasteiger partial charge in [-0.1, -0.05) is 11.8 Å². The van der Waals surface area contributed by atoms with Crippen molar-refractivity contribution < 1.29 is 24.0 Å². The van der Waals surface area contributed by atoms with E-state index in [9.17, 15) is 24.5 Å². The molecule has 0 unspecified atom stereocenters. The summed E-state index contributed by atoms with van der Waals surface area (Å²) in [5.74, 6) is -0.0538. The van der Waals surface area contributed by atoms with Crippen LogP contribution in [-0.2, 0) is 20.9 Å². The van der Waals surface area contributed by atoms with Gasteiger partial charge in [-0.3, -0.25) is 19.7 Å². The number of amides is 2. The second-order valence-corrected chi connectivity index (χ2v) is 8.02. The van der Waals surface area contributed by atoms with Crippen LogP contribution >= 0.6 is 11.8 Å². The normalized spacial score (nSPS) is 24.1. The van der Waals surface area contributed by atoms with Gasteiger partial charge in [-0.05, 0) is 24.1 Å². The highest BCUT2D eigenvalue weighted by Gasteiger charge is 2.45. The quantitative estimate of drug-likeness (QED) is 0.460. The van der Waals surface area contributed by atoms with E-state index < -0.39 is 11.0 Å². The summed E-state index contributed by atoms with van der Waals surface area (Å²) in [7, 11) is 0. The fourth-order valence-corrected chi connectivity index (χ4v) is 4.29. The van der Waals surface area contributed by atoms with Gasteiger partial charge in [0.05, 0.1) is 17.0 Å². The lowest BCUT2D eigenvalue weighted by Gasteiger charge is -2.36. The summed E-state index contributed by atoms with van der Waals surface area (Å²) in [6, 6.07) is 5.45. The van der Waals surface area contributed by atoms with Crippen molar-refractivity contribution in [3.8, 4) is 0 Å². The number of ether oxygens (including phenoxy) is 1. The number of non-ortho nitro benzene ring substituents is 1. The van der Waals surface area contributed by atoms with Crippen molar-refractivity contribution in [1.82, 2.24) is 10.2 Å². The number of carbonyl (C=O) groups is 3. The molecule has 0 bridgehead atoms. The van der Waals surface area contributed by atoms with E-state index >= 15 is 0 Å². The minimum absolute atomic E-state index is 0.0123. The highest BCUT2D eigenvalue weighted by molar-refractivity contribution is 8.14. The largest absolute Gasteiger partial charge is 0.445 e. The predicted molar refractivity (Wildman–Crippen MR) is 97.0 cm³/mol. The van der Waals surface area contributed by atoms with Crippen LogP contribution in [0.1, 0.15) is 25.3 Å². The third-order valence-corrected chi connectivity index (χ3v) is 5.60. The van der Waals surface area contributed by atoms with Crippen LogP contribution in [0.5, 0.6) is 0 Å². The second-order valence-electron chi connectivity index (χ2n) is 6.54. The maximum atomic E-state index is 12.6. The lowest BCUT2D eigenvalue weighted by molar-refractivity contribution is -0.384. The van der Waals surface area contributed by atoms with Crippen molar-refractivity contribution in [3.05, 3.63) is 39.9 Å². The summed E-state index contributed by atoms with van der Waals surface area (Å²) in [5, 5.41) is 13.4. The molecule has 3 atom stereocenters. The van der Waals surface area contributed by atoms with Crippen LogP contribution in [0.4, 0.5) is 10.5 Å². The number of likely N-dealkylation sites (tertiary alicyclic amines) is 1. The first-order chi connectivity index (χ1) is 12.8. The smallest absolute Gasteiger partial charge is 0.410 e. The SMILES string of the molecule is CC(=O)S[C@H]1C[C@@H]([C@H]2CC(=O)N2)N(C(=O)OCc2ccc([N+](=O)[O-])cc2)C1. The standard InChI is InChI=1S/C17H19N3O6S/c1-10(21)27-13-6-15(14-7-16(22)18-14)19(8-13)17(23)26-9-11-2-4-12(5-3-11)20(24)25/h2-5,13-15H,6-9H2,1H3,(H,18,22)/t13-,14+,15-/m0/s1. The Labute approximate surface area is 159 Å². The van der Waals surface area contributed by atoms with Crippen molar-refractivity contribution in [2.75, 3.05) is 6.54 Å². The van der Waals surface area contributed by atoms with Crippen molar-refractivity contribution in [1.29, 1.82) is 0 Å². The van der Waals surface area contributed by atoms with Gasteiger partial charge in [-0.25, -0.2) is 4.79 Å². The average molecular weight is 393 g/mol. The molecule has 2 saturated heterocycles. The fourth-order valence-electron chi connectivity index (χ4n) is 3.30. The minimum Gasteiger partial charge on any atom is -0.445 e. The van der Waals surface area contributed by atoms with Crippen LogP contribution in [0.25, 0.3) is 0 Å². The Bertz CT molecular complexity index is 760. The third kappa shape index (κ3) is 4.57. The molecule has 1 N–H and O–H groups in total. The van der Waals surface area contributed by atoms with E-state index in [0.29, 0.717) is 24.9 Å². The molecule has 0 aromatic heterocycles. The van der Waals surface area contributed by atoms with E-state index in [0.717, 1.165) is 0 Å². The minimum atomic E-state index is -0.522. The molecule has 3 rings (SSSR count). The zero-order valence-electron chi connectivity index (χ0n) is 14.6. The summed E-state index contributed by atoms with van der Waals surface area (Å²) in [6.07, 6.45) is 0.446. The Morgan fingerprint density at radius 3 is 2.59 bits per heavy atom. The molecular weight excluding hydrogens is 374 g/mol. The number of nitrogens with zero attached hydrogens (tertiary/aromatic N) is 2. The highest BCUT2D eigenvalue weighted by Crippen LogP contribution is 2.33. The van der Waals surface area contributed by atoms with Crippen LogP contribution in [0.3, 0.4) is 0 Å². The van der Waals surface area contributed by atoms with E-state index in [1.54, 1.807) is 4.90 Å². The second kappa shape index (κ2) is 7.95. The molecule has 2 fully saturated rings. The van der Waals surface area contributed by atoms with Gasteiger partial charge < -0.3 is 15.0 Å². The Balaban J connectivity index is 1.61. The molecule has 0 saturated carbocycles. The molecule has 2 amide bonds. The summed E-state index contributed by atoms with van der Waals surface area (Å²) < 4.78 is 5.35. The summed E-state index contributed by atoms with van der Waals surface area (Å²) >= 11 is 1.19. The first-order valence-electron chi connectivity index (χ1n) is 8.47. The van der Waals surface area contributed by atoms with E-state index in [-0.39, 0.29) is 40.7 Å². The molecule has 9 nitrogen and oxygen atoms in total. The summed E-state index contributed by atoms with van der Waals surface area (Å²) in [4.78, 5) is 46.9. The zero-order valence-corrected chi connectivity index (χ0v) is 15.4. The van der Waals surface area contributed by atoms with Gasteiger partial charge in [0.15, 0.2) is 5.12 Å². The molecule has 0 radical (unpaired) electrons. The molecule has 2 aliphatic rings. The fraction of sp³-hybridized carbons (Fsp3) is 0.471. The average Bonchev–Trinajstić information content (AvgIpc) is 2.99. The van der Waals surface area contributed by atoms with Crippen LogP contribution in [0.15, 0.2) is 24.3 Å². The van der Waals surface area contributed by atoms with E-state index in [4.69, 9.17) is 4.74 Å². The van der Waals surface area contributed by atoms with E-state index in [2.05, 4.69) is 5.32 Å². The maximum absolute atomic E-state index is 12.6. The number of nitro benzene ring substituents is 1. The van der Waals surface area contributed by atoms with Gasteiger partial charge in [0, 0.05) is 37.3 Å². The molecule has 10 heteroatoms. The van der Waals surface area contributed by atoms with Crippen molar-refractivity contribution in [2.24, 2.45) is 0 Å². The highest BCUT2D eigenvalue weighted by atomic mass is 32.2. The van der Waals surface area contributed by atoms with Crippen molar-refractivity contribution >= 4 is 34.6 Å². The van der Waals surface area contributed by atoms with Gasteiger partial charge in [0.1, 0.15) is 6.61 Å². The lowest BCUT2D eigenvalue weighted by Crippen LogP contribution is -2.59. The molecule has 2 aliphatic heterocycles. The van der Waals surface area contributed by atoms with Gasteiger partial charge in [-0.15, -0.1) is 0 Å². The summed E-state index contributed by atoms with van der Waals surface area (Å²) in [5.41, 5.74) is 0.603. The number of thioether (sulfide) groups is 1. The molecule has 0 aliphatic carbocycles. The first kappa shape index (κ1) is 19.2. The Morgan fingerprint density at radius 1 is 1.37 bits per heavy atom. The van der Waals surface area contributed by atoms with Crippen LogP contribution in [0, 0.1) is 10.1 Å². The molecule has 27 heavy (non-hydrogen) atoms. The monoisotopic (exact) mass is 393 g/mol. The van der Waals surface area contributed by atoms with Gasteiger partial charge in [-0.2, -0.15) is 0 Å². The van der Waals surface area contributed by atoms with Gasteiger partial charge >= 0.3 is 6.09 Å². The Morgan fingerprint density at radius 2 is 2.04 bits per heavy atom. The van der Waals surface area contributed by atoms with Gasteiger partial charge in [0.2, 0.25) is 5.91 Å². The molecule has 144 valence electrons.